The Bertz CT molecular complexity index is 565. The molecule has 2 aliphatic rings. The number of carbonyl (C=O) groups excluding carboxylic acids is 2. The molecule has 23 heavy (non-hydrogen) atoms. The highest BCUT2D eigenvalue weighted by atomic mass is 35.5. The van der Waals surface area contributed by atoms with E-state index in [1.54, 1.807) is 25.2 Å². The molecule has 1 aliphatic heterocycles. The van der Waals surface area contributed by atoms with Gasteiger partial charge in [0.25, 0.3) is 5.91 Å². The lowest BCUT2D eigenvalue weighted by molar-refractivity contribution is -0.117. The topological polar surface area (TPSA) is 70.2 Å². The van der Waals surface area contributed by atoms with Crippen molar-refractivity contribution in [3.05, 3.63) is 29.8 Å². The summed E-state index contributed by atoms with van der Waals surface area (Å²) in [5.74, 6) is 0.492. The van der Waals surface area contributed by atoms with E-state index in [0.717, 1.165) is 6.42 Å². The number of hydrogen-bond donors (Lipinski definition) is 3. The highest BCUT2D eigenvalue weighted by Crippen LogP contribution is 2.33. The minimum atomic E-state index is -0.152. The second-order valence-electron chi connectivity index (χ2n) is 6.26. The Labute approximate surface area is 143 Å². The standard InChI is InChI=1S/C17H23N3O2.ClH/c1-18-16(21)12-6-4-7-13(9-12)19-17(22)15-10-11-5-2-3-8-14(11)20-15;/h4,6-7,9,11,14-15,20H,2-3,5,8,10H2,1H3,(H,18,21)(H,19,22);1H. The molecule has 2 amide bonds. The summed E-state index contributed by atoms with van der Waals surface area (Å²) in [6, 6.07) is 7.42. The van der Waals surface area contributed by atoms with Gasteiger partial charge >= 0.3 is 0 Å². The summed E-state index contributed by atoms with van der Waals surface area (Å²) in [6.07, 6.45) is 5.88. The molecule has 3 rings (SSSR count). The van der Waals surface area contributed by atoms with E-state index in [4.69, 9.17) is 0 Å². The Morgan fingerprint density at radius 3 is 2.74 bits per heavy atom. The van der Waals surface area contributed by atoms with Gasteiger partial charge in [0.05, 0.1) is 6.04 Å². The van der Waals surface area contributed by atoms with Gasteiger partial charge in [-0.05, 0) is 43.4 Å². The van der Waals surface area contributed by atoms with Crippen LogP contribution < -0.4 is 16.0 Å². The van der Waals surface area contributed by atoms with E-state index in [2.05, 4.69) is 16.0 Å². The maximum atomic E-state index is 12.4. The maximum absolute atomic E-state index is 12.4. The van der Waals surface area contributed by atoms with E-state index in [1.807, 2.05) is 6.07 Å². The molecule has 6 heteroatoms. The van der Waals surface area contributed by atoms with Crippen molar-refractivity contribution >= 4 is 29.9 Å². The summed E-state index contributed by atoms with van der Waals surface area (Å²) in [6.45, 7) is 0. The quantitative estimate of drug-likeness (QED) is 0.792. The van der Waals surface area contributed by atoms with Crippen LogP contribution in [0.3, 0.4) is 0 Å². The fraction of sp³-hybridized carbons (Fsp3) is 0.529. The minimum absolute atomic E-state index is 0. The normalized spacial score (nSPS) is 25.9. The first-order valence-corrected chi connectivity index (χ1v) is 8.06. The van der Waals surface area contributed by atoms with Crippen LogP contribution in [-0.4, -0.2) is 30.9 Å². The predicted molar refractivity (Wildman–Crippen MR) is 93.0 cm³/mol. The van der Waals surface area contributed by atoms with Gasteiger partial charge in [-0.2, -0.15) is 0 Å². The Morgan fingerprint density at radius 1 is 1.22 bits per heavy atom. The molecule has 1 saturated heterocycles. The molecule has 2 fully saturated rings. The van der Waals surface area contributed by atoms with Crippen LogP contribution in [0.2, 0.25) is 0 Å². The van der Waals surface area contributed by atoms with Crippen LogP contribution >= 0.6 is 12.4 Å². The largest absolute Gasteiger partial charge is 0.355 e. The first-order chi connectivity index (χ1) is 10.7. The number of amides is 2. The van der Waals surface area contributed by atoms with Gasteiger partial charge in [-0.1, -0.05) is 18.9 Å². The molecular weight excluding hydrogens is 314 g/mol. The Balaban J connectivity index is 0.00000192. The molecule has 1 aliphatic carbocycles. The highest BCUT2D eigenvalue weighted by Gasteiger charge is 2.38. The van der Waals surface area contributed by atoms with Crippen LogP contribution in [0.25, 0.3) is 0 Å². The summed E-state index contributed by atoms with van der Waals surface area (Å²) in [4.78, 5) is 24.1. The molecule has 3 unspecified atom stereocenters. The van der Waals surface area contributed by atoms with Crippen molar-refractivity contribution in [3.63, 3.8) is 0 Å². The predicted octanol–water partition coefficient (Wildman–Crippen LogP) is 2.33. The first-order valence-electron chi connectivity index (χ1n) is 8.06. The lowest BCUT2D eigenvalue weighted by atomic mass is 9.85. The van der Waals surface area contributed by atoms with Crippen molar-refractivity contribution < 1.29 is 9.59 Å². The minimum Gasteiger partial charge on any atom is -0.355 e. The molecule has 0 aromatic heterocycles. The van der Waals surface area contributed by atoms with Crippen molar-refractivity contribution in [1.82, 2.24) is 10.6 Å². The van der Waals surface area contributed by atoms with E-state index in [0.29, 0.717) is 23.2 Å². The number of rotatable bonds is 3. The fourth-order valence-electron chi connectivity index (χ4n) is 3.63. The number of halogens is 1. The molecule has 1 aromatic carbocycles. The van der Waals surface area contributed by atoms with Crippen LogP contribution in [-0.2, 0) is 4.79 Å². The molecule has 0 spiro atoms. The number of benzene rings is 1. The van der Waals surface area contributed by atoms with Gasteiger partial charge in [0.2, 0.25) is 5.91 Å². The number of hydrogen-bond acceptors (Lipinski definition) is 3. The molecule has 3 N–H and O–H groups in total. The summed E-state index contributed by atoms with van der Waals surface area (Å²) >= 11 is 0. The average molecular weight is 338 g/mol. The molecule has 0 bridgehead atoms. The van der Waals surface area contributed by atoms with Gasteiger partial charge in [0.1, 0.15) is 0 Å². The van der Waals surface area contributed by atoms with Crippen molar-refractivity contribution in [2.45, 2.75) is 44.2 Å². The Kier molecular flexibility index (Phi) is 6.02. The lowest BCUT2D eigenvalue weighted by Gasteiger charge is -2.24. The smallest absolute Gasteiger partial charge is 0.251 e. The van der Waals surface area contributed by atoms with Crippen molar-refractivity contribution in [2.24, 2.45) is 5.92 Å². The van der Waals surface area contributed by atoms with Crippen LogP contribution in [0.1, 0.15) is 42.5 Å². The van der Waals surface area contributed by atoms with E-state index < -0.39 is 0 Å². The van der Waals surface area contributed by atoms with E-state index >= 15 is 0 Å². The summed E-state index contributed by atoms with van der Waals surface area (Å²) < 4.78 is 0. The summed E-state index contributed by atoms with van der Waals surface area (Å²) in [7, 11) is 1.60. The second-order valence-corrected chi connectivity index (χ2v) is 6.26. The molecular formula is C17H24ClN3O2. The SMILES string of the molecule is CNC(=O)c1cccc(NC(=O)C2CC3CCCCC3N2)c1.Cl. The van der Waals surface area contributed by atoms with E-state index in [9.17, 15) is 9.59 Å². The van der Waals surface area contributed by atoms with Crippen molar-refractivity contribution in [2.75, 3.05) is 12.4 Å². The number of carbonyl (C=O) groups is 2. The zero-order valence-electron chi connectivity index (χ0n) is 13.3. The molecule has 3 atom stereocenters. The number of anilines is 1. The van der Waals surface area contributed by atoms with Crippen molar-refractivity contribution in [3.8, 4) is 0 Å². The zero-order valence-corrected chi connectivity index (χ0v) is 14.1. The average Bonchev–Trinajstić information content (AvgIpc) is 2.98. The molecule has 0 radical (unpaired) electrons. The third kappa shape index (κ3) is 4.03. The number of nitrogens with one attached hydrogen (secondary N) is 3. The van der Waals surface area contributed by atoms with Crippen LogP contribution in [0.15, 0.2) is 24.3 Å². The second kappa shape index (κ2) is 7.79. The van der Waals surface area contributed by atoms with Crippen molar-refractivity contribution in [1.29, 1.82) is 0 Å². The highest BCUT2D eigenvalue weighted by molar-refractivity contribution is 5.98. The van der Waals surface area contributed by atoms with Gasteiger partial charge in [0, 0.05) is 24.3 Å². The van der Waals surface area contributed by atoms with Crippen LogP contribution in [0.4, 0.5) is 5.69 Å². The van der Waals surface area contributed by atoms with Gasteiger partial charge in [-0.25, -0.2) is 0 Å². The molecule has 1 saturated carbocycles. The van der Waals surface area contributed by atoms with Gasteiger partial charge in [-0.15, -0.1) is 12.4 Å². The van der Waals surface area contributed by atoms with Gasteiger partial charge in [0.15, 0.2) is 0 Å². The van der Waals surface area contributed by atoms with Crippen LogP contribution in [0.5, 0.6) is 0 Å². The fourth-order valence-corrected chi connectivity index (χ4v) is 3.63. The molecule has 5 nitrogen and oxygen atoms in total. The third-order valence-corrected chi connectivity index (χ3v) is 4.80. The lowest BCUT2D eigenvalue weighted by Crippen LogP contribution is -2.39. The Morgan fingerprint density at radius 2 is 2.00 bits per heavy atom. The first kappa shape index (κ1) is 17.8. The summed E-state index contributed by atoms with van der Waals surface area (Å²) in [5, 5.41) is 8.99. The molecule has 1 heterocycles. The monoisotopic (exact) mass is 337 g/mol. The maximum Gasteiger partial charge on any atom is 0.251 e. The van der Waals surface area contributed by atoms with Crippen LogP contribution in [0, 0.1) is 5.92 Å². The van der Waals surface area contributed by atoms with E-state index in [1.165, 1.54) is 25.7 Å². The number of fused-ring (bicyclic) bond motifs is 1. The zero-order chi connectivity index (χ0) is 15.5. The Hall–Kier alpha value is -1.59. The third-order valence-electron chi connectivity index (χ3n) is 4.80. The molecule has 1 aromatic rings. The summed E-state index contributed by atoms with van der Waals surface area (Å²) in [5.41, 5.74) is 1.22. The van der Waals surface area contributed by atoms with E-state index in [-0.39, 0.29) is 30.3 Å². The molecule has 126 valence electrons. The van der Waals surface area contributed by atoms with Gasteiger partial charge < -0.3 is 16.0 Å². The van der Waals surface area contributed by atoms with Gasteiger partial charge in [-0.3, -0.25) is 9.59 Å².